The van der Waals surface area contributed by atoms with Crippen LogP contribution in [0.25, 0.3) is 0 Å². The van der Waals surface area contributed by atoms with Gasteiger partial charge in [0.05, 0.1) is 0 Å². The molecule has 20 heavy (non-hydrogen) atoms. The third kappa shape index (κ3) is 4.05. The normalized spacial score (nSPS) is 12.1. The van der Waals surface area contributed by atoms with E-state index in [0.717, 1.165) is 0 Å². The second-order valence-corrected chi connectivity index (χ2v) is 5.05. The lowest BCUT2D eigenvalue weighted by Crippen LogP contribution is -2.50. The first-order valence-electron chi connectivity index (χ1n) is 6.68. The summed E-state index contributed by atoms with van der Waals surface area (Å²) in [6, 6.07) is 4.66. The number of rotatable bonds is 5. The molecule has 110 valence electrons. The molecule has 0 heterocycles. The molecule has 0 aromatic heterocycles. The first kappa shape index (κ1) is 16.1. The van der Waals surface area contributed by atoms with Crippen LogP contribution in [-0.4, -0.2) is 36.3 Å². The van der Waals surface area contributed by atoms with Gasteiger partial charge in [-0.2, -0.15) is 0 Å². The van der Waals surface area contributed by atoms with E-state index in [1.165, 1.54) is 24.3 Å². The summed E-state index contributed by atoms with van der Waals surface area (Å²) in [5, 5.41) is 2.71. The van der Waals surface area contributed by atoms with Gasteiger partial charge in [-0.1, -0.05) is 13.8 Å². The van der Waals surface area contributed by atoms with Crippen molar-refractivity contribution < 1.29 is 14.0 Å². The van der Waals surface area contributed by atoms with Gasteiger partial charge >= 0.3 is 0 Å². The van der Waals surface area contributed by atoms with Gasteiger partial charge in [0.1, 0.15) is 11.9 Å². The van der Waals surface area contributed by atoms with Gasteiger partial charge in [0, 0.05) is 19.2 Å². The molecule has 0 saturated carbocycles. The molecule has 5 heteroatoms. The van der Waals surface area contributed by atoms with Crippen LogP contribution in [0.15, 0.2) is 24.3 Å². The SMILES string of the molecule is CCN(C)C(=O)C(NC(=O)c1ccc(F)cc1)C(C)C. The first-order valence-corrected chi connectivity index (χ1v) is 6.68. The number of nitrogens with one attached hydrogen (secondary N) is 1. The van der Waals surface area contributed by atoms with Crippen molar-refractivity contribution in [3.05, 3.63) is 35.6 Å². The molecule has 1 atom stereocenters. The second kappa shape index (κ2) is 7.03. The molecule has 4 nitrogen and oxygen atoms in total. The number of likely N-dealkylation sites (N-methyl/N-ethyl adjacent to an activating group) is 1. The van der Waals surface area contributed by atoms with E-state index in [4.69, 9.17) is 0 Å². The average molecular weight is 280 g/mol. The summed E-state index contributed by atoms with van der Waals surface area (Å²) in [7, 11) is 1.70. The number of carbonyl (C=O) groups is 2. The van der Waals surface area contributed by atoms with E-state index in [-0.39, 0.29) is 17.7 Å². The first-order chi connectivity index (χ1) is 9.36. The van der Waals surface area contributed by atoms with Crippen LogP contribution >= 0.6 is 0 Å². The van der Waals surface area contributed by atoms with Crippen molar-refractivity contribution in [3.63, 3.8) is 0 Å². The summed E-state index contributed by atoms with van der Waals surface area (Å²) in [6.45, 7) is 6.19. The Labute approximate surface area is 119 Å². The van der Waals surface area contributed by atoms with Crippen LogP contribution in [0.1, 0.15) is 31.1 Å². The molecule has 2 amide bonds. The Bertz CT molecular complexity index is 471. The summed E-state index contributed by atoms with van der Waals surface area (Å²) < 4.78 is 12.8. The maximum absolute atomic E-state index is 12.8. The van der Waals surface area contributed by atoms with E-state index < -0.39 is 11.9 Å². The van der Waals surface area contributed by atoms with E-state index in [1.54, 1.807) is 11.9 Å². The maximum Gasteiger partial charge on any atom is 0.251 e. The molecule has 0 aliphatic carbocycles. The Kier molecular flexibility index (Phi) is 5.67. The Morgan fingerprint density at radius 1 is 1.25 bits per heavy atom. The van der Waals surface area contributed by atoms with Crippen LogP contribution in [0.3, 0.4) is 0 Å². The van der Waals surface area contributed by atoms with Gasteiger partial charge < -0.3 is 10.2 Å². The number of carbonyl (C=O) groups excluding carboxylic acids is 2. The van der Waals surface area contributed by atoms with E-state index in [9.17, 15) is 14.0 Å². The Balaban J connectivity index is 2.83. The largest absolute Gasteiger partial charge is 0.344 e. The molecule has 0 aliphatic heterocycles. The predicted molar refractivity (Wildman–Crippen MR) is 75.8 cm³/mol. The zero-order valence-corrected chi connectivity index (χ0v) is 12.3. The Morgan fingerprint density at radius 2 is 1.80 bits per heavy atom. The third-order valence-corrected chi connectivity index (χ3v) is 3.18. The van der Waals surface area contributed by atoms with Crippen LogP contribution in [-0.2, 0) is 4.79 Å². The number of hydrogen-bond donors (Lipinski definition) is 1. The molecule has 0 bridgehead atoms. The zero-order valence-electron chi connectivity index (χ0n) is 12.3. The summed E-state index contributed by atoms with van der Waals surface area (Å²) in [5.41, 5.74) is 0.337. The fraction of sp³-hybridized carbons (Fsp3) is 0.467. The minimum absolute atomic E-state index is 0.0269. The van der Waals surface area contributed by atoms with Gasteiger partial charge in [-0.3, -0.25) is 9.59 Å². The fourth-order valence-corrected chi connectivity index (χ4v) is 1.73. The summed E-state index contributed by atoms with van der Waals surface area (Å²) >= 11 is 0. The Hall–Kier alpha value is -1.91. The Morgan fingerprint density at radius 3 is 2.25 bits per heavy atom. The number of nitrogens with zero attached hydrogens (tertiary/aromatic N) is 1. The summed E-state index contributed by atoms with van der Waals surface area (Å²) in [4.78, 5) is 25.8. The molecule has 1 aromatic carbocycles. The minimum atomic E-state index is -0.586. The van der Waals surface area contributed by atoms with Crippen LogP contribution in [0.4, 0.5) is 4.39 Å². The molecule has 0 fully saturated rings. The number of hydrogen-bond acceptors (Lipinski definition) is 2. The lowest BCUT2D eigenvalue weighted by Gasteiger charge is -2.26. The standard InChI is InChI=1S/C15H21FN2O2/c1-5-18(4)15(20)13(10(2)3)17-14(19)11-6-8-12(16)9-7-11/h6-10,13H,5H2,1-4H3,(H,17,19). The van der Waals surface area contributed by atoms with Gasteiger partial charge in [0.25, 0.3) is 5.91 Å². The van der Waals surface area contributed by atoms with E-state index in [2.05, 4.69) is 5.32 Å². The minimum Gasteiger partial charge on any atom is -0.344 e. The molecule has 0 aliphatic rings. The van der Waals surface area contributed by atoms with Crippen LogP contribution in [0.2, 0.25) is 0 Å². The van der Waals surface area contributed by atoms with Crippen molar-refractivity contribution >= 4 is 11.8 Å². The van der Waals surface area contributed by atoms with Crippen LogP contribution in [0.5, 0.6) is 0 Å². The van der Waals surface area contributed by atoms with Crippen molar-refractivity contribution in [3.8, 4) is 0 Å². The van der Waals surface area contributed by atoms with Crippen molar-refractivity contribution in [2.75, 3.05) is 13.6 Å². The lowest BCUT2D eigenvalue weighted by atomic mass is 10.0. The average Bonchev–Trinajstić information content (AvgIpc) is 2.43. The highest BCUT2D eigenvalue weighted by Gasteiger charge is 2.26. The van der Waals surface area contributed by atoms with Crippen molar-refractivity contribution in [2.45, 2.75) is 26.8 Å². The highest BCUT2D eigenvalue weighted by atomic mass is 19.1. The van der Waals surface area contributed by atoms with Crippen molar-refractivity contribution in [1.82, 2.24) is 10.2 Å². The highest BCUT2D eigenvalue weighted by Crippen LogP contribution is 2.08. The van der Waals surface area contributed by atoms with Gasteiger partial charge in [0.2, 0.25) is 5.91 Å². The molecule has 1 unspecified atom stereocenters. The van der Waals surface area contributed by atoms with Crippen molar-refractivity contribution in [2.24, 2.45) is 5.92 Å². The van der Waals surface area contributed by atoms with E-state index >= 15 is 0 Å². The molecule has 1 rings (SSSR count). The monoisotopic (exact) mass is 280 g/mol. The fourth-order valence-electron chi connectivity index (χ4n) is 1.73. The molecule has 0 radical (unpaired) electrons. The molecule has 1 aromatic rings. The predicted octanol–water partition coefficient (Wildman–Crippen LogP) is 2.06. The topological polar surface area (TPSA) is 49.4 Å². The number of amides is 2. The maximum atomic E-state index is 12.8. The van der Waals surface area contributed by atoms with Gasteiger partial charge in [-0.05, 0) is 37.1 Å². The molecule has 0 saturated heterocycles. The highest BCUT2D eigenvalue weighted by molar-refractivity contribution is 5.97. The van der Waals surface area contributed by atoms with Crippen LogP contribution in [0, 0.1) is 11.7 Å². The van der Waals surface area contributed by atoms with Crippen molar-refractivity contribution in [1.29, 1.82) is 0 Å². The summed E-state index contributed by atoms with van der Waals surface area (Å²) in [5.74, 6) is -0.927. The van der Waals surface area contributed by atoms with Gasteiger partial charge in [-0.15, -0.1) is 0 Å². The number of halogens is 1. The smallest absolute Gasteiger partial charge is 0.251 e. The molecule has 0 spiro atoms. The molecular formula is C15H21FN2O2. The third-order valence-electron chi connectivity index (χ3n) is 3.18. The lowest BCUT2D eigenvalue weighted by molar-refractivity contribution is -0.132. The quantitative estimate of drug-likeness (QED) is 0.897. The molecule has 1 N–H and O–H groups in total. The van der Waals surface area contributed by atoms with Gasteiger partial charge in [0.15, 0.2) is 0 Å². The van der Waals surface area contributed by atoms with E-state index in [1.807, 2.05) is 20.8 Å². The van der Waals surface area contributed by atoms with Crippen LogP contribution < -0.4 is 5.32 Å². The zero-order chi connectivity index (χ0) is 15.3. The van der Waals surface area contributed by atoms with E-state index in [0.29, 0.717) is 12.1 Å². The number of benzene rings is 1. The second-order valence-electron chi connectivity index (χ2n) is 5.05. The molecular weight excluding hydrogens is 259 g/mol. The summed E-state index contributed by atoms with van der Waals surface area (Å²) in [6.07, 6.45) is 0. The van der Waals surface area contributed by atoms with Gasteiger partial charge in [-0.25, -0.2) is 4.39 Å².